The largest absolute Gasteiger partial charge is 0.455 e. The van der Waals surface area contributed by atoms with Crippen LogP contribution in [0.2, 0.25) is 0 Å². The number of nitrogens with two attached hydrogens (primary N) is 1. The molecular formula is C13H11BrFNO3S. The molecule has 0 atom stereocenters. The Morgan fingerprint density at radius 2 is 1.95 bits per heavy atom. The van der Waals surface area contributed by atoms with Crippen molar-refractivity contribution < 1.29 is 17.5 Å². The van der Waals surface area contributed by atoms with E-state index in [1.54, 1.807) is 6.07 Å². The molecule has 0 fully saturated rings. The van der Waals surface area contributed by atoms with Gasteiger partial charge in [0.1, 0.15) is 11.6 Å². The molecule has 2 aromatic carbocycles. The van der Waals surface area contributed by atoms with Gasteiger partial charge >= 0.3 is 0 Å². The highest BCUT2D eigenvalue weighted by molar-refractivity contribution is 9.10. The maximum Gasteiger partial charge on any atom is 0.177 e. The Morgan fingerprint density at radius 3 is 2.55 bits per heavy atom. The number of ether oxygens (including phenoxy) is 1. The van der Waals surface area contributed by atoms with Gasteiger partial charge in [-0.05, 0) is 24.3 Å². The summed E-state index contributed by atoms with van der Waals surface area (Å²) in [6, 6.07) is 8.42. The van der Waals surface area contributed by atoms with Crippen molar-refractivity contribution in [1.29, 1.82) is 0 Å². The lowest BCUT2D eigenvalue weighted by Crippen LogP contribution is -2.03. The fourth-order valence-electron chi connectivity index (χ4n) is 1.65. The third-order valence-electron chi connectivity index (χ3n) is 2.49. The van der Waals surface area contributed by atoms with E-state index in [0.29, 0.717) is 4.47 Å². The molecule has 0 saturated heterocycles. The van der Waals surface area contributed by atoms with E-state index in [9.17, 15) is 12.8 Å². The Bertz CT molecular complexity index is 742. The van der Waals surface area contributed by atoms with E-state index in [1.165, 1.54) is 30.3 Å². The number of hydrogen-bond acceptors (Lipinski definition) is 4. The zero-order valence-corrected chi connectivity index (χ0v) is 12.8. The Kier molecular flexibility index (Phi) is 4.01. The first-order chi connectivity index (χ1) is 9.27. The summed E-state index contributed by atoms with van der Waals surface area (Å²) in [6.45, 7) is 0. The maximum absolute atomic E-state index is 13.3. The van der Waals surface area contributed by atoms with E-state index in [1.807, 2.05) is 0 Å². The van der Waals surface area contributed by atoms with Gasteiger partial charge in [0, 0.05) is 16.8 Å². The second-order valence-electron chi connectivity index (χ2n) is 4.15. The molecule has 0 aliphatic carbocycles. The van der Waals surface area contributed by atoms with Crippen molar-refractivity contribution in [3.05, 3.63) is 46.7 Å². The first-order valence-electron chi connectivity index (χ1n) is 5.50. The topological polar surface area (TPSA) is 69.4 Å². The summed E-state index contributed by atoms with van der Waals surface area (Å²) in [7, 11) is -3.45. The van der Waals surface area contributed by atoms with Gasteiger partial charge in [0.05, 0.1) is 10.6 Å². The van der Waals surface area contributed by atoms with Crippen molar-refractivity contribution in [2.75, 3.05) is 12.0 Å². The van der Waals surface area contributed by atoms with Crippen LogP contribution < -0.4 is 10.5 Å². The third-order valence-corrected chi connectivity index (χ3v) is 4.10. The molecular weight excluding hydrogens is 349 g/mol. The lowest BCUT2D eigenvalue weighted by Gasteiger charge is -2.11. The molecule has 0 spiro atoms. The molecule has 0 radical (unpaired) electrons. The molecule has 0 bridgehead atoms. The molecule has 7 heteroatoms. The molecule has 0 aliphatic rings. The van der Waals surface area contributed by atoms with Gasteiger partial charge in [0.25, 0.3) is 0 Å². The van der Waals surface area contributed by atoms with Crippen LogP contribution in [-0.4, -0.2) is 14.7 Å². The van der Waals surface area contributed by atoms with Gasteiger partial charge < -0.3 is 10.5 Å². The summed E-state index contributed by atoms with van der Waals surface area (Å²) >= 11 is 3.14. The Labute approximate surface area is 124 Å². The van der Waals surface area contributed by atoms with Gasteiger partial charge in [-0.15, -0.1) is 0 Å². The summed E-state index contributed by atoms with van der Waals surface area (Å²) < 4.78 is 42.3. The van der Waals surface area contributed by atoms with Crippen LogP contribution in [0.1, 0.15) is 0 Å². The van der Waals surface area contributed by atoms with Gasteiger partial charge in [-0.1, -0.05) is 22.0 Å². The average Bonchev–Trinajstić information content (AvgIpc) is 2.29. The molecule has 0 amide bonds. The zero-order chi connectivity index (χ0) is 14.9. The molecule has 2 aromatic rings. The Hall–Kier alpha value is -1.60. The molecule has 2 N–H and O–H groups in total. The van der Waals surface area contributed by atoms with Crippen molar-refractivity contribution in [3.63, 3.8) is 0 Å². The fraction of sp³-hybridized carbons (Fsp3) is 0.0769. The minimum atomic E-state index is -3.45. The number of benzene rings is 2. The van der Waals surface area contributed by atoms with E-state index >= 15 is 0 Å². The second-order valence-corrected chi connectivity index (χ2v) is 7.05. The Balaban J connectivity index is 2.44. The third kappa shape index (κ3) is 3.29. The van der Waals surface area contributed by atoms with E-state index in [2.05, 4.69) is 15.9 Å². The minimum Gasteiger partial charge on any atom is -0.455 e. The summed E-state index contributed by atoms with van der Waals surface area (Å²) in [6.07, 6.45) is 1.06. The molecule has 0 heterocycles. The van der Waals surface area contributed by atoms with E-state index in [-0.39, 0.29) is 22.1 Å². The second kappa shape index (κ2) is 5.41. The van der Waals surface area contributed by atoms with Crippen LogP contribution in [-0.2, 0) is 9.84 Å². The number of hydrogen-bond donors (Lipinski definition) is 1. The van der Waals surface area contributed by atoms with E-state index in [0.717, 1.165) is 6.26 Å². The van der Waals surface area contributed by atoms with Crippen LogP contribution in [0.15, 0.2) is 45.8 Å². The number of rotatable bonds is 3. The molecule has 2 rings (SSSR count). The Morgan fingerprint density at radius 1 is 1.25 bits per heavy atom. The monoisotopic (exact) mass is 359 g/mol. The number of sulfone groups is 1. The van der Waals surface area contributed by atoms with Crippen molar-refractivity contribution in [1.82, 2.24) is 0 Å². The number of anilines is 1. The van der Waals surface area contributed by atoms with Crippen LogP contribution in [0.3, 0.4) is 0 Å². The van der Waals surface area contributed by atoms with Gasteiger partial charge in [0.2, 0.25) is 0 Å². The van der Waals surface area contributed by atoms with Crippen molar-refractivity contribution in [2.24, 2.45) is 0 Å². The highest BCUT2D eigenvalue weighted by atomic mass is 79.9. The molecule has 20 heavy (non-hydrogen) atoms. The van der Waals surface area contributed by atoms with Crippen LogP contribution in [0.25, 0.3) is 0 Å². The molecule has 0 saturated carbocycles. The molecule has 0 unspecified atom stereocenters. The van der Waals surface area contributed by atoms with E-state index < -0.39 is 15.7 Å². The van der Waals surface area contributed by atoms with Gasteiger partial charge in [0.15, 0.2) is 15.6 Å². The number of para-hydroxylation sites is 1. The first kappa shape index (κ1) is 14.8. The summed E-state index contributed by atoms with van der Waals surface area (Å²) in [5, 5.41) is 0. The number of halogens is 2. The van der Waals surface area contributed by atoms with Gasteiger partial charge in [-0.25, -0.2) is 12.8 Å². The van der Waals surface area contributed by atoms with Crippen molar-refractivity contribution >= 4 is 31.5 Å². The van der Waals surface area contributed by atoms with Crippen LogP contribution in [0.4, 0.5) is 10.1 Å². The predicted molar refractivity (Wildman–Crippen MR) is 78.1 cm³/mol. The maximum atomic E-state index is 13.3. The summed E-state index contributed by atoms with van der Waals surface area (Å²) in [4.78, 5) is -0.0227. The highest BCUT2D eigenvalue weighted by Crippen LogP contribution is 2.33. The SMILES string of the molecule is CS(=O)(=O)c1cccc(Oc2cc(F)cc(Br)c2)c1N. The standard InChI is InChI=1S/C13H11BrFNO3S/c1-20(17,18)12-4-2-3-11(13(12)16)19-10-6-8(14)5-9(15)7-10/h2-7H,16H2,1H3. The highest BCUT2D eigenvalue weighted by Gasteiger charge is 2.15. The van der Waals surface area contributed by atoms with Crippen LogP contribution in [0.5, 0.6) is 11.5 Å². The van der Waals surface area contributed by atoms with E-state index in [4.69, 9.17) is 10.5 Å². The van der Waals surface area contributed by atoms with Crippen molar-refractivity contribution in [2.45, 2.75) is 4.90 Å². The summed E-state index contributed by atoms with van der Waals surface area (Å²) in [5.74, 6) is -0.105. The zero-order valence-electron chi connectivity index (χ0n) is 10.4. The van der Waals surface area contributed by atoms with Gasteiger partial charge in [-0.2, -0.15) is 0 Å². The molecule has 0 aromatic heterocycles. The predicted octanol–water partition coefficient (Wildman–Crippen LogP) is 3.37. The smallest absolute Gasteiger partial charge is 0.177 e. The summed E-state index contributed by atoms with van der Waals surface area (Å²) in [5.41, 5.74) is 5.78. The van der Waals surface area contributed by atoms with Crippen LogP contribution in [0, 0.1) is 5.82 Å². The lowest BCUT2D eigenvalue weighted by molar-refractivity contribution is 0.477. The van der Waals surface area contributed by atoms with Crippen LogP contribution >= 0.6 is 15.9 Å². The molecule has 4 nitrogen and oxygen atoms in total. The first-order valence-corrected chi connectivity index (χ1v) is 8.18. The fourth-order valence-corrected chi connectivity index (χ4v) is 2.92. The molecule has 0 aliphatic heterocycles. The quantitative estimate of drug-likeness (QED) is 0.853. The minimum absolute atomic E-state index is 0.00427. The lowest BCUT2D eigenvalue weighted by atomic mass is 10.3. The van der Waals surface area contributed by atoms with Gasteiger partial charge in [-0.3, -0.25) is 0 Å². The normalized spacial score (nSPS) is 11.3. The van der Waals surface area contributed by atoms with Crippen molar-refractivity contribution in [3.8, 4) is 11.5 Å². The average molecular weight is 360 g/mol. The number of nitrogen functional groups attached to an aromatic ring is 1. The molecule has 106 valence electrons.